The molecule has 0 unspecified atom stereocenters. The van der Waals surface area contributed by atoms with Crippen molar-refractivity contribution < 1.29 is 79.5 Å². The van der Waals surface area contributed by atoms with E-state index >= 15 is 0 Å². The van der Waals surface area contributed by atoms with E-state index in [1.54, 1.807) is 191 Å². The van der Waals surface area contributed by atoms with Gasteiger partial charge < -0.3 is 65.4 Å². The molecule has 0 fully saturated rings. The number of hydrogen-bond acceptors (Lipinski definition) is 19. The van der Waals surface area contributed by atoms with Crippen molar-refractivity contribution in [2.24, 2.45) is 35.2 Å². The number of aromatic nitrogens is 14. The molecule has 0 bridgehead atoms. The van der Waals surface area contributed by atoms with Gasteiger partial charge in [0.05, 0.1) is 60.3 Å². The first-order valence-electron chi connectivity index (χ1n) is 37.1. The number of hydrogen-bond donors (Lipinski definition) is 10. The van der Waals surface area contributed by atoms with Crippen molar-refractivity contribution in [2.45, 2.75) is 102 Å². The van der Waals surface area contributed by atoms with E-state index in [9.17, 15) is 79.5 Å². The fourth-order valence-corrected chi connectivity index (χ4v) is 13.0. The number of halogens is 5. The highest BCUT2D eigenvalue weighted by Crippen LogP contribution is 2.29. The number of amides is 8. The second-order valence-electron chi connectivity index (χ2n) is 27.9. The summed E-state index contributed by atoms with van der Waals surface area (Å²) >= 11 is 0. The van der Waals surface area contributed by atoms with Crippen LogP contribution in [0.4, 0.5) is 44.7 Å². The predicted octanol–water partition coefficient (Wildman–Crippen LogP) is 8.95. The van der Waals surface area contributed by atoms with Crippen LogP contribution in [-0.4, -0.2) is 139 Å². The first-order valence-corrected chi connectivity index (χ1v) is 37.1. The molecule has 12 aromatic rings. The van der Waals surface area contributed by atoms with Crippen LogP contribution in [0.25, 0.3) is 0 Å². The van der Waals surface area contributed by atoms with Gasteiger partial charge >= 0.3 is 0 Å². The summed E-state index contributed by atoms with van der Waals surface area (Å²) in [7, 11) is 8.23. The number of carbonyl (C=O) groups is 12. The highest BCUT2D eigenvalue weighted by atomic mass is 19.2. The lowest BCUT2D eigenvalue weighted by Gasteiger charge is -2.09. The number of aromatic amines is 2. The van der Waals surface area contributed by atoms with Crippen molar-refractivity contribution in [1.82, 2.24) is 90.1 Å². The summed E-state index contributed by atoms with van der Waals surface area (Å²) in [6, 6.07) is 21.4. The lowest BCUT2D eigenvalue weighted by atomic mass is 10.0. The van der Waals surface area contributed by atoms with Crippen LogP contribution in [0.5, 0.6) is 0 Å². The standard InChI is InChI=1S/C23H23FN4O3.C22H24FN5O3.C19H18F2N6O3.C19H20FN7O3/c1-13-8-9-16(11-18(13)24)27-22(30)20-14(2)19(15(3)28(20)4)21(29)23(31)26-12-17-7-5-6-10-25-17;1-12-6-7-15(10-16(12)23)26-21(30)19-13(2)18(14(3)28(19)5)20(29)22(31)25-11-17-24-8-9-27(17)4;1-9-15(17(28)19(30)22-7-12-8-23-26-25-12)10(2)27(3)16(9)18(29)24-11-4-5-13(20)14(21)6-11;1-9-5-6-12(7-13(9)20)22-18(29)16-10(2)15(11(3)27(16)4)17(28)19(30)21-8-14-23-25-26-24-14/h5-11H,12H2,1-4H3,(H,26,31)(H,27,30);6-10H,11H2,1-5H3,(H,25,31)(H,26,30);4-6,8H,7H2,1-3H3,(H,22,30)(H,24,29)(H,23,25,26);5-7H,8H2,1-4H3,(H,21,30)(H,22,29)(H,23,24,25,26). The lowest BCUT2D eigenvalue weighted by molar-refractivity contribution is -0.117. The number of ketones is 4. The zero-order chi connectivity index (χ0) is 89.6. The van der Waals surface area contributed by atoms with Gasteiger partial charge in [0.15, 0.2) is 17.5 Å². The highest BCUT2D eigenvalue weighted by Gasteiger charge is 2.34. The Balaban J connectivity index is 0.000000185. The monoisotopic (exact) mass is 1680 g/mol. The molecule has 12 rings (SSSR count). The van der Waals surface area contributed by atoms with Crippen LogP contribution in [0.1, 0.15) is 168 Å². The van der Waals surface area contributed by atoms with Gasteiger partial charge in [0.25, 0.3) is 70.4 Å². The molecule has 634 valence electrons. The smallest absolute Gasteiger partial charge is 0.292 e. The molecular weight excluding hydrogens is 1590 g/mol. The summed E-state index contributed by atoms with van der Waals surface area (Å²) in [5.41, 5.74) is 7.91. The molecule has 4 aromatic carbocycles. The number of H-pyrrole nitrogens is 2. The second kappa shape index (κ2) is 39.3. The molecule has 39 heteroatoms. The van der Waals surface area contributed by atoms with Gasteiger partial charge in [-0.1, -0.05) is 29.5 Å². The van der Waals surface area contributed by atoms with Crippen LogP contribution in [0.15, 0.2) is 116 Å². The summed E-state index contributed by atoms with van der Waals surface area (Å²) in [5.74, 6) is -11.1. The summed E-state index contributed by atoms with van der Waals surface area (Å²) < 4.78 is 75.7. The third-order valence-corrected chi connectivity index (χ3v) is 20.0. The first-order chi connectivity index (χ1) is 57.7. The average molecular weight is 1680 g/mol. The Bertz CT molecular complexity index is 5920. The first kappa shape index (κ1) is 90.6. The Morgan fingerprint density at radius 2 is 0.721 bits per heavy atom. The van der Waals surface area contributed by atoms with Crippen molar-refractivity contribution in [1.29, 1.82) is 0 Å². The number of Topliss-reactive ketones (excluding diaryl/α,β-unsaturated/α-hetero) is 4. The summed E-state index contributed by atoms with van der Waals surface area (Å²) in [5, 5.41) is 43.1. The molecule has 8 aromatic heterocycles. The molecular formula is C83H85F5N22O12. The van der Waals surface area contributed by atoms with Gasteiger partial charge in [0.1, 0.15) is 51.7 Å². The number of tetrazole rings is 1. The van der Waals surface area contributed by atoms with Gasteiger partial charge in [-0.15, -0.1) is 10.2 Å². The Hall–Kier alpha value is -15.3. The molecule has 10 N–H and O–H groups in total. The molecule has 34 nitrogen and oxygen atoms in total. The summed E-state index contributed by atoms with van der Waals surface area (Å²) in [4.78, 5) is 160. The number of pyridine rings is 1. The Morgan fingerprint density at radius 1 is 0.369 bits per heavy atom. The number of imidazole rings is 1. The molecule has 0 aliphatic carbocycles. The largest absolute Gasteiger partial charge is 0.344 e. The highest BCUT2D eigenvalue weighted by molar-refractivity contribution is 6.45. The van der Waals surface area contributed by atoms with Crippen molar-refractivity contribution in [3.8, 4) is 0 Å². The number of rotatable bonds is 24. The maximum absolute atomic E-state index is 13.8. The van der Waals surface area contributed by atoms with Gasteiger partial charge in [-0.05, 0) is 176 Å². The third-order valence-electron chi connectivity index (χ3n) is 20.0. The Labute approximate surface area is 693 Å². The fraction of sp³-hybridized carbons (Fsp3) is 0.241. The number of benzene rings is 4. The van der Waals surface area contributed by atoms with Crippen LogP contribution in [0.2, 0.25) is 0 Å². The number of carbonyl (C=O) groups excluding carboxylic acids is 12. The number of anilines is 4. The average Bonchev–Trinajstić information content (AvgIpc) is 1.64. The molecule has 0 aliphatic heterocycles. The van der Waals surface area contributed by atoms with Crippen molar-refractivity contribution >= 4 is 93.1 Å². The van der Waals surface area contributed by atoms with Crippen LogP contribution in [0, 0.1) is 105 Å². The summed E-state index contributed by atoms with van der Waals surface area (Å²) in [6.07, 6.45) is 6.34. The molecule has 0 radical (unpaired) electrons. The molecule has 0 saturated carbocycles. The zero-order valence-electron chi connectivity index (χ0n) is 69.0. The Kier molecular flexibility index (Phi) is 29.2. The molecule has 8 amide bonds. The van der Waals surface area contributed by atoms with Crippen molar-refractivity contribution in [3.05, 3.63) is 275 Å². The fourth-order valence-electron chi connectivity index (χ4n) is 13.0. The minimum absolute atomic E-state index is 0.00940. The van der Waals surface area contributed by atoms with Crippen LogP contribution < -0.4 is 42.5 Å². The molecule has 0 atom stereocenters. The number of nitrogens with one attached hydrogen (secondary N) is 10. The van der Waals surface area contributed by atoms with Gasteiger partial charge in [0.2, 0.25) is 0 Å². The van der Waals surface area contributed by atoms with E-state index in [1.807, 2.05) is 0 Å². The lowest BCUT2D eigenvalue weighted by Crippen LogP contribution is -2.32. The number of nitrogens with zero attached hydrogens (tertiary/aromatic N) is 12. The van der Waals surface area contributed by atoms with Crippen LogP contribution in [-0.2, 0) is 80.6 Å². The zero-order valence-corrected chi connectivity index (χ0v) is 69.0. The molecule has 122 heavy (non-hydrogen) atoms. The van der Waals surface area contributed by atoms with Crippen molar-refractivity contribution in [3.63, 3.8) is 0 Å². The quantitative estimate of drug-likeness (QED) is 0.0153. The van der Waals surface area contributed by atoms with E-state index < -0.39 is 99.5 Å². The second-order valence-corrected chi connectivity index (χ2v) is 27.9. The minimum Gasteiger partial charge on any atom is -0.344 e. The molecule has 0 saturated heterocycles. The van der Waals surface area contributed by atoms with Gasteiger partial charge in [-0.3, -0.25) is 62.5 Å². The van der Waals surface area contributed by atoms with E-state index in [-0.39, 0.29) is 94.0 Å². The summed E-state index contributed by atoms with van der Waals surface area (Å²) in [6.45, 7) is 17.9. The van der Waals surface area contributed by atoms with E-state index in [0.717, 1.165) is 12.1 Å². The van der Waals surface area contributed by atoms with E-state index in [2.05, 4.69) is 88.5 Å². The van der Waals surface area contributed by atoms with Gasteiger partial charge in [-0.25, -0.2) is 26.9 Å². The maximum atomic E-state index is 13.8. The van der Waals surface area contributed by atoms with E-state index in [1.165, 1.54) is 46.5 Å². The van der Waals surface area contributed by atoms with Gasteiger partial charge in [-0.2, -0.15) is 20.6 Å². The van der Waals surface area contributed by atoms with Crippen molar-refractivity contribution in [2.75, 3.05) is 21.3 Å². The maximum Gasteiger partial charge on any atom is 0.292 e. The third kappa shape index (κ3) is 20.8. The topological polar surface area (TPSA) is 448 Å². The molecule has 8 heterocycles. The van der Waals surface area contributed by atoms with E-state index in [4.69, 9.17) is 0 Å². The predicted molar refractivity (Wildman–Crippen MR) is 434 cm³/mol. The number of aryl methyl sites for hydroxylation is 4. The van der Waals surface area contributed by atoms with Crippen LogP contribution >= 0.6 is 0 Å². The minimum atomic E-state index is -1.10. The molecule has 0 aliphatic rings. The molecule has 0 spiro atoms. The van der Waals surface area contributed by atoms with Crippen LogP contribution in [0.3, 0.4) is 0 Å². The Morgan fingerprint density at radius 3 is 1.03 bits per heavy atom. The normalized spacial score (nSPS) is 10.7. The SMILES string of the molecule is Cc1c(C(=O)C(=O)NCc2cn[nH]n2)c(C)n(C)c1C(=O)Nc1ccc(F)c(F)c1.Cc1ccc(NC(=O)c2c(C)c(C(=O)C(=O)NCc3ccccn3)c(C)n2C)cc1F.Cc1ccc(NC(=O)c2c(C)c(C(=O)C(=O)NCc3nccn3C)c(C)n2C)cc1F.Cc1ccc(NC(=O)c2c(C)c(C(=O)C(=O)NCc3nn[nH]n3)c(C)n2C)cc1F. The van der Waals surface area contributed by atoms with E-state index in [0.29, 0.717) is 84.7 Å². The van der Waals surface area contributed by atoms with Gasteiger partial charge in [0, 0.05) is 105 Å².